The maximum Gasteiger partial charge on any atom is 0.151 e. The molecule has 2 aromatic heterocycles. The van der Waals surface area contributed by atoms with E-state index in [2.05, 4.69) is 54.0 Å². The van der Waals surface area contributed by atoms with Crippen LogP contribution in [0.3, 0.4) is 0 Å². The third kappa shape index (κ3) is 4.16. The number of nitrogen functional groups attached to an aromatic ring is 1. The molecule has 1 aliphatic heterocycles. The molecule has 36 heavy (non-hydrogen) atoms. The average molecular weight is 479 g/mol. The molecule has 0 aliphatic carbocycles. The summed E-state index contributed by atoms with van der Waals surface area (Å²) in [5.74, 6) is 1.17. The summed E-state index contributed by atoms with van der Waals surface area (Å²) < 4.78 is 0. The number of phenols is 1. The molecule has 0 radical (unpaired) electrons. The quantitative estimate of drug-likeness (QED) is 0.373. The van der Waals surface area contributed by atoms with Crippen LogP contribution < -0.4 is 15.5 Å². The van der Waals surface area contributed by atoms with E-state index < -0.39 is 0 Å². The van der Waals surface area contributed by atoms with E-state index in [0.717, 1.165) is 61.4 Å². The Bertz CT molecular complexity index is 1430. The van der Waals surface area contributed by atoms with Crippen molar-refractivity contribution in [3.05, 3.63) is 60.2 Å². The van der Waals surface area contributed by atoms with Crippen molar-refractivity contribution in [3.63, 3.8) is 0 Å². The van der Waals surface area contributed by atoms with E-state index in [-0.39, 0.29) is 5.75 Å². The van der Waals surface area contributed by atoms with Crippen LogP contribution in [0.15, 0.2) is 54.6 Å². The van der Waals surface area contributed by atoms with Gasteiger partial charge in [-0.05, 0) is 80.3 Å². The summed E-state index contributed by atoms with van der Waals surface area (Å²) in [6, 6.07) is 19.7. The number of phenolic OH excluding ortho intramolecular Hbond substituents is 1. The number of benzene rings is 2. The van der Waals surface area contributed by atoms with E-state index in [0.29, 0.717) is 33.8 Å². The monoisotopic (exact) mass is 478 g/mol. The molecule has 5 rings (SSSR count). The van der Waals surface area contributed by atoms with Crippen molar-refractivity contribution < 1.29 is 5.11 Å². The standard InChI is InChI=1S/C29H30N6O/c1-3-34(4-2)21-11-7-19(8-12-21)23-17-25(20-9-13-22(36)14-10-20)32-27-24(18-30)29(33-28(31)26(23)27)35-15-5-6-16-35/h7-14,17,36H,3-6,15-16H2,1-2H3,(H2,31,33). The SMILES string of the molecule is CCN(CC)c1ccc(-c2cc(-c3ccc(O)cc3)nc3c(C#N)c(N4CCCC4)nc(N)c23)cc1. The van der Waals surface area contributed by atoms with Crippen LogP contribution in [0, 0.1) is 11.3 Å². The van der Waals surface area contributed by atoms with Crippen molar-refractivity contribution >= 4 is 28.2 Å². The molecule has 0 amide bonds. The summed E-state index contributed by atoms with van der Waals surface area (Å²) >= 11 is 0. The minimum atomic E-state index is 0.189. The lowest BCUT2D eigenvalue weighted by Gasteiger charge is -2.22. The van der Waals surface area contributed by atoms with Crippen LogP contribution in [0.1, 0.15) is 32.3 Å². The summed E-state index contributed by atoms with van der Waals surface area (Å²) in [5.41, 5.74) is 12.2. The summed E-state index contributed by atoms with van der Waals surface area (Å²) in [6.07, 6.45) is 2.13. The van der Waals surface area contributed by atoms with Crippen LogP contribution in [0.4, 0.5) is 17.3 Å². The largest absolute Gasteiger partial charge is 0.508 e. The van der Waals surface area contributed by atoms with Crippen LogP contribution >= 0.6 is 0 Å². The Morgan fingerprint density at radius 1 is 0.972 bits per heavy atom. The summed E-state index contributed by atoms with van der Waals surface area (Å²) in [7, 11) is 0. The number of pyridine rings is 2. The highest BCUT2D eigenvalue weighted by atomic mass is 16.3. The Kier molecular flexibility index (Phi) is 6.34. The van der Waals surface area contributed by atoms with Gasteiger partial charge in [0.25, 0.3) is 0 Å². The van der Waals surface area contributed by atoms with Crippen LogP contribution in [-0.4, -0.2) is 41.3 Å². The fourth-order valence-corrected chi connectivity index (χ4v) is 5.03. The maximum atomic E-state index is 10.2. The Labute approximate surface area is 211 Å². The van der Waals surface area contributed by atoms with Gasteiger partial charge in [-0.1, -0.05) is 12.1 Å². The van der Waals surface area contributed by atoms with Crippen molar-refractivity contribution in [1.29, 1.82) is 5.26 Å². The van der Waals surface area contributed by atoms with Gasteiger partial charge >= 0.3 is 0 Å². The Balaban J connectivity index is 1.77. The summed E-state index contributed by atoms with van der Waals surface area (Å²) in [4.78, 5) is 14.1. The average Bonchev–Trinajstić information content (AvgIpc) is 3.44. The summed E-state index contributed by atoms with van der Waals surface area (Å²) in [5, 5.41) is 20.7. The zero-order chi connectivity index (χ0) is 25.2. The molecule has 1 saturated heterocycles. The minimum Gasteiger partial charge on any atom is -0.508 e. The number of nitriles is 1. The molecule has 0 spiro atoms. The third-order valence-corrected chi connectivity index (χ3v) is 6.95. The van der Waals surface area contributed by atoms with Gasteiger partial charge in [-0.15, -0.1) is 0 Å². The zero-order valence-electron chi connectivity index (χ0n) is 20.7. The Hall–Kier alpha value is -4.31. The van der Waals surface area contributed by atoms with E-state index in [4.69, 9.17) is 15.7 Å². The smallest absolute Gasteiger partial charge is 0.151 e. The lowest BCUT2D eigenvalue weighted by Crippen LogP contribution is -2.21. The Morgan fingerprint density at radius 3 is 2.22 bits per heavy atom. The fourth-order valence-electron chi connectivity index (χ4n) is 5.03. The van der Waals surface area contributed by atoms with E-state index in [1.54, 1.807) is 12.1 Å². The van der Waals surface area contributed by atoms with E-state index >= 15 is 0 Å². The molecule has 4 aromatic rings. The molecule has 2 aromatic carbocycles. The second kappa shape index (κ2) is 9.74. The van der Waals surface area contributed by atoms with Gasteiger partial charge in [0, 0.05) is 37.4 Å². The lowest BCUT2D eigenvalue weighted by atomic mass is 9.96. The van der Waals surface area contributed by atoms with E-state index in [1.807, 2.05) is 18.2 Å². The molecular formula is C29H30N6O. The molecule has 0 atom stereocenters. The second-order valence-corrected chi connectivity index (χ2v) is 9.05. The molecule has 0 saturated carbocycles. The van der Waals surface area contributed by atoms with Crippen molar-refractivity contribution in [2.45, 2.75) is 26.7 Å². The van der Waals surface area contributed by atoms with Gasteiger partial charge in [0.2, 0.25) is 0 Å². The normalized spacial score (nSPS) is 13.2. The lowest BCUT2D eigenvalue weighted by molar-refractivity contribution is 0.475. The highest BCUT2D eigenvalue weighted by molar-refractivity contribution is 6.06. The second-order valence-electron chi connectivity index (χ2n) is 9.05. The van der Waals surface area contributed by atoms with Gasteiger partial charge in [-0.2, -0.15) is 5.26 Å². The minimum absolute atomic E-state index is 0.189. The van der Waals surface area contributed by atoms with Crippen LogP contribution in [0.5, 0.6) is 5.75 Å². The first-order chi connectivity index (χ1) is 17.5. The number of nitrogens with zero attached hydrogens (tertiary/aromatic N) is 5. The molecule has 7 heteroatoms. The molecule has 1 fully saturated rings. The van der Waals surface area contributed by atoms with Gasteiger partial charge in [0.05, 0.1) is 16.6 Å². The number of aromatic nitrogens is 2. The van der Waals surface area contributed by atoms with E-state index in [1.165, 1.54) is 0 Å². The van der Waals surface area contributed by atoms with Gasteiger partial charge < -0.3 is 20.6 Å². The van der Waals surface area contributed by atoms with Crippen molar-refractivity contribution in [2.75, 3.05) is 41.7 Å². The van der Waals surface area contributed by atoms with Gasteiger partial charge in [0.1, 0.15) is 23.2 Å². The first-order valence-corrected chi connectivity index (χ1v) is 12.5. The van der Waals surface area contributed by atoms with Crippen molar-refractivity contribution in [2.24, 2.45) is 0 Å². The predicted molar refractivity (Wildman–Crippen MR) is 146 cm³/mol. The number of anilines is 3. The highest BCUT2D eigenvalue weighted by Crippen LogP contribution is 2.39. The predicted octanol–water partition coefficient (Wildman–Crippen LogP) is 5.57. The fraction of sp³-hybridized carbons (Fsp3) is 0.276. The van der Waals surface area contributed by atoms with Gasteiger partial charge in [0.15, 0.2) is 5.82 Å². The molecule has 3 heterocycles. The number of rotatable bonds is 6. The molecule has 7 nitrogen and oxygen atoms in total. The van der Waals surface area contributed by atoms with Crippen molar-refractivity contribution in [1.82, 2.24) is 9.97 Å². The molecule has 0 bridgehead atoms. The molecular weight excluding hydrogens is 448 g/mol. The Morgan fingerprint density at radius 2 is 1.61 bits per heavy atom. The molecule has 0 unspecified atom stereocenters. The first kappa shape index (κ1) is 23.4. The van der Waals surface area contributed by atoms with Crippen LogP contribution in [0.2, 0.25) is 0 Å². The van der Waals surface area contributed by atoms with Crippen LogP contribution in [0.25, 0.3) is 33.3 Å². The number of hydrogen-bond acceptors (Lipinski definition) is 7. The first-order valence-electron chi connectivity index (χ1n) is 12.5. The number of fused-ring (bicyclic) bond motifs is 1. The topological polar surface area (TPSA) is 102 Å². The number of aromatic hydroxyl groups is 1. The summed E-state index contributed by atoms with van der Waals surface area (Å²) in [6.45, 7) is 7.85. The highest BCUT2D eigenvalue weighted by Gasteiger charge is 2.24. The zero-order valence-corrected chi connectivity index (χ0v) is 20.7. The third-order valence-electron chi connectivity index (χ3n) is 6.95. The molecule has 1 aliphatic rings. The van der Waals surface area contributed by atoms with Gasteiger partial charge in [-0.3, -0.25) is 0 Å². The number of hydrogen-bond donors (Lipinski definition) is 2. The molecule has 182 valence electrons. The van der Waals surface area contributed by atoms with E-state index in [9.17, 15) is 10.4 Å². The van der Waals surface area contributed by atoms with Gasteiger partial charge in [-0.25, -0.2) is 9.97 Å². The van der Waals surface area contributed by atoms with Crippen molar-refractivity contribution in [3.8, 4) is 34.2 Å². The van der Waals surface area contributed by atoms with Crippen LogP contribution in [-0.2, 0) is 0 Å². The maximum absolute atomic E-state index is 10.2. The molecule has 3 N–H and O–H groups in total. The number of nitrogens with two attached hydrogens (primary N) is 1.